The summed E-state index contributed by atoms with van der Waals surface area (Å²) in [4.78, 5) is 22.1. The fourth-order valence-corrected chi connectivity index (χ4v) is 3.41. The van der Waals surface area contributed by atoms with Crippen LogP contribution in [0.4, 0.5) is 5.69 Å². The number of ether oxygens (including phenoxy) is 1. The molecule has 6 nitrogen and oxygen atoms in total. The summed E-state index contributed by atoms with van der Waals surface area (Å²) in [7, 11) is 1.68. The standard InChI is InChI=1S/C15H14N4OS.C5H10O/c1-3-5-8-19-9-18-12-11-10(16-4-2)6-7-17-14(11)21-13(12)15(19)20;1-3-4-5-6-2/h3,5-9H,1,4H2,2H3,(H,16,17);3-4H,5H2,1-2H3/b8-5+;4-3-. The summed E-state index contributed by atoms with van der Waals surface area (Å²) in [6.45, 7) is 9.13. The molecule has 0 saturated heterocycles. The minimum atomic E-state index is -0.0939. The number of thiophene rings is 1. The number of rotatable bonds is 6. The second kappa shape index (κ2) is 10.4. The first-order valence-corrected chi connectivity index (χ1v) is 9.41. The van der Waals surface area contributed by atoms with E-state index >= 15 is 0 Å². The lowest BCUT2D eigenvalue weighted by Crippen LogP contribution is -2.14. The van der Waals surface area contributed by atoms with E-state index in [1.165, 1.54) is 22.2 Å². The number of fused-ring (bicyclic) bond motifs is 3. The molecule has 0 aliphatic heterocycles. The van der Waals surface area contributed by atoms with Gasteiger partial charge in [-0.05, 0) is 26.0 Å². The van der Waals surface area contributed by atoms with Gasteiger partial charge in [-0.1, -0.05) is 24.8 Å². The summed E-state index contributed by atoms with van der Waals surface area (Å²) in [5.74, 6) is 0. The van der Waals surface area contributed by atoms with Crippen molar-refractivity contribution in [1.29, 1.82) is 0 Å². The molecule has 7 heteroatoms. The third kappa shape index (κ3) is 4.90. The van der Waals surface area contributed by atoms with E-state index in [-0.39, 0.29) is 5.56 Å². The molecule has 0 aliphatic rings. The highest BCUT2D eigenvalue weighted by Gasteiger charge is 2.14. The first-order chi connectivity index (χ1) is 13.2. The molecule has 3 aromatic rings. The van der Waals surface area contributed by atoms with Crippen LogP contribution in [0.25, 0.3) is 26.6 Å². The summed E-state index contributed by atoms with van der Waals surface area (Å²) in [5, 5.41) is 4.20. The number of pyridine rings is 1. The lowest BCUT2D eigenvalue weighted by atomic mass is 10.2. The van der Waals surface area contributed by atoms with E-state index in [1.54, 1.807) is 31.7 Å². The molecule has 0 bridgehead atoms. The van der Waals surface area contributed by atoms with Crippen molar-refractivity contribution in [2.75, 3.05) is 25.6 Å². The number of methoxy groups -OCH3 is 1. The van der Waals surface area contributed by atoms with Gasteiger partial charge in [-0.15, -0.1) is 11.3 Å². The average Bonchev–Trinajstić information content (AvgIpc) is 3.07. The fourth-order valence-electron chi connectivity index (χ4n) is 2.36. The fraction of sp³-hybridized carbons (Fsp3) is 0.250. The van der Waals surface area contributed by atoms with Crippen molar-refractivity contribution in [3.05, 3.63) is 59.8 Å². The molecule has 0 radical (unpaired) electrons. The molecule has 1 N–H and O–H groups in total. The van der Waals surface area contributed by atoms with Crippen LogP contribution in [0.3, 0.4) is 0 Å². The van der Waals surface area contributed by atoms with E-state index in [2.05, 4.69) is 21.9 Å². The zero-order chi connectivity index (χ0) is 19.6. The number of hydrogen-bond acceptors (Lipinski definition) is 6. The topological polar surface area (TPSA) is 69.0 Å². The van der Waals surface area contributed by atoms with E-state index in [0.717, 1.165) is 29.1 Å². The Labute approximate surface area is 162 Å². The molecule has 0 unspecified atom stereocenters. The molecule has 0 fully saturated rings. The van der Waals surface area contributed by atoms with Gasteiger partial charge in [0.15, 0.2) is 0 Å². The Bertz CT molecular complexity index is 1020. The highest BCUT2D eigenvalue weighted by atomic mass is 32.1. The van der Waals surface area contributed by atoms with Gasteiger partial charge in [0, 0.05) is 31.7 Å². The van der Waals surface area contributed by atoms with E-state index in [4.69, 9.17) is 4.74 Å². The van der Waals surface area contributed by atoms with Gasteiger partial charge < -0.3 is 10.1 Å². The minimum absolute atomic E-state index is 0.0939. The van der Waals surface area contributed by atoms with Crippen LogP contribution in [-0.2, 0) is 4.74 Å². The van der Waals surface area contributed by atoms with Crippen molar-refractivity contribution in [3.63, 3.8) is 0 Å². The minimum Gasteiger partial charge on any atom is -0.385 e. The van der Waals surface area contributed by atoms with Crippen molar-refractivity contribution in [2.24, 2.45) is 0 Å². The second-order valence-electron chi connectivity index (χ2n) is 5.41. The molecule has 0 aliphatic carbocycles. The number of hydrogen-bond donors (Lipinski definition) is 1. The van der Waals surface area contributed by atoms with Crippen LogP contribution >= 0.6 is 11.3 Å². The zero-order valence-electron chi connectivity index (χ0n) is 15.8. The summed E-state index contributed by atoms with van der Waals surface area (Å²) in [5.41, 5.74) is 1.57. The molecule has 0 aromatic carbocycles. The Kier molecular flexibility index (Phi) is 7.91. The van der Waals surface area contributed by atoms with Gasteiger partial charge in [-0.3, -0.25) is 9.36 Å². The van der Waals surface area contributed by atoms with Gasteiger partial charge in [-0.25, -0.2) is 9.97 Å². The number of allylic oxidation sites excluding steroid dienone is 3. The van der Waals surface area contributed by atoms with Crippen LogP contribution < -0.4 is 10.9 Å². The number of aromatic nitrogens is 3. The maximum atomic E-state index is 12.5. The maximum absolute atomic E-state index is 12.5. The van der Waals surface area contributed by atoms with Gasteiger partial charge >= 0.3 is 0 Å². The van der Waals surface area contributed by atoms with Crippen LogP contribution in [0, 0.1) is 0 Å². The molecular weight excluding hydrogens is 360 g/mol. The maximum Gasteiger partial charge on any atom is 0.275 e. The monoisotopic (exact) mass is 384 g/mol. The molecule has 3 aromatic heterocycles. The molecule has 142 valence electrons. The molecule has 3 heterocycles. The number of anilines is 1. The molecule has 0 spiro atoms. The van der Waals surface area contributed by atoms with E-state index in [9.17, 15) is 4.79 Å². The van der Waals surface area contributed by atoms with E-state index in [0.29, 0.717) is 10.2 Å². The average molecular weight is 385 g/mol. The van der Waals surface area contributed by atoms with E-state index in [1.807, 2.05) is 32.1 Å². The largest absolute Gasteiger partial charge is 0.385 e. The molecule has 3 rings (SSSR count). The van der Waals surface area contributed by atoms with Crippen molar-refractivity contribution in [3.8, 4) is 0 Å². The van der Waals surface area contributed by atoms with Crippen LogP contribution in [0.15, 0.2) is 54.3 Å². The molecular formula is C20H24N4O2S. The predicted molar refractivity (Wildman–Crippen MR) is 116 cm³/mol. The summed E-state index contributed by atoms with van der Waals surface area (Å²) in [6.07, 6.45) is 12.1. The van der Waals surface area contributed by atoms with Crippen LogP contribution in [-0.4, -0.2) is 34.8 Å². The van der Waals surface area contributed by atoms with Gasteiger partial charge in [0.2, 0.25) is 0 Å². The summed E-state index contributed by atoms with van der Waals surface area (Å²) in [6, 6.07) is 1.91. The molecule has 0 amide bonds. The first kappa shape index (κ1) is 20.5. The SMILES string of the molecule is C/C=C\COC.C=C/C=C/n1cnc2c(sc3nccc(NCC)c32)c1=O. The van der Waals surface area contributed by atoms with Gasteiger partial charge in [-0.2, -0.15) is 0 Å². The molecule has 0 saturated carbocycles. The van der Waals surface area contributed by atoms with Gasteiger partial charge in [0.05, 0.1) is 17.5 Å². The van der Waals surface area contributed by atoms with Crippen molar-refractivity contribution >= 4 is 43.7 Å². The van der Waals surface area contributed by atoms with Gasteiger partial charge in [0.25, 0.3) is 5.56 Å². The van der Waals surface area contributed by atoms with E-state index < -0.39 is 0 Å². The van der Waals surface area contributed by atoms with Crippen molar-refractivity contribution in [1.82, 2.24) is 14.5 Å². The second-order valence-corrected chi connectivity index (χ2v) is 6.41. The third-order valence-electron chi connectivity index (χ3n) is 3.56. The highest BCUT2D eigenvalue weighted by Crippen LogP contribution is 2.33. The first-order valence-electron chi connectivity index (χ1n) is 8.59. The zero-order valence-corrected chi connectivity index (χ0v) is 16.6. The van der Waals surface area contributed by atoms with Gasteiger partial charge in [0.1, 0.15) is 15.9 Å². The van der Waals surface area contributed by atoms with Crippen molar-refractivity contribution in [2.45, 2.75) is 13.8 Å². The Morgan fingerprint density at radius 2 is 2.22 bits per heavy atom. The van der Waals surface area contributed by atoms with Crippen LogP contribution in [0.1, 0.15) is 13.8 Å². The highest BCUT2D eigenvalue weighted by molar-refractivity contribution is 7.25. The normalized spacial score (nSPS) is 11.2. The predicted octanol–water partition coefficient (Wildman–Crippen LogP) is 4.30. The number of nitrogens with one attached hydrogen (secondary N) is 1. The molecule has 0 atom stereocenters. The Balaban J connectivity index is 0.000000380. The molecule has 27 heavy (non-hydrogen) atoms. The van der Waals surface area contributed by atoms with Crippen molar-refractivity contribution < 1.29 is 4.74 Å². The summed E-state index contributed by atoms with van der Waals surface area (Å²) < 4.78 is 6.76. The quantitative estimate of drug-likeness (QED) is 0.507. The Hall–Kier alpha value is -2.77. The lowest BCUT2D eigenvalue weighted by Gasteiger charge is -2.04. The van der Waals surface area contributed by atoms with Crippen LogP contribution in [0.5, 0.6) is 0 Å². The summed E-state index contributed by atoms with van der Waals surface area (Å²) >= 11 is 1.37. The number of nitrogens with zero attached hydrogens (tertiary/aromatic N) is 3. The lowest BCUT2D eigenvalue weighted by molar-refractivity contribution is 0.234. The van der Waals surface area contributed by atoms with Crippen LogP contribution in [0.2, 0.25) is 0 Å². The Morgan fingerprint density at radius 1 is 1.41 bits per heavy atom. The smallest absolute Gasteiger partial charge is 0.275 e. The third-order valence-corrected chi connectivity index (χ3v) is 4.63. The Morgan fingerprint density at radius 3 is 2.85 bits per heavy atom.